The average molecular weight is 247 g/mol. The molecule has 1 aromatic rings. The van der Waals surface area contributed by atoms with Crippen LogP contribution in [0.4, 0.5) is 0 Å². The van der Waals surface area contributed by atoms with E-state index in [-0.39, 0.29) is 0 Å². The van der Waals surface area contributed by atoms with Crippen LogP contribution in [0.1, 0.15) is 37.4 Å². The highest BCUT2D eigenvalue weighted by Crippen LogP contribution is 2.16. The average Bonchev–Trinajstić information content (AvgIpc) is 2.41. The maximum atomic E-state index is 4.59. The highest BCUT2D eigenvalue weighted by Gasteiger charge is 2.14. The van der Waals surface area contributed by atoms with E-state index >= 15 is 0 Å². The van der Waals surface area contributed by atoms with Crippen molar-refractivity contribution in [1.82, 2.24) is 14.8 Å². The van der Waals surface area contributed by atoms with Crippen molar-refractivity contribution in [3.8, 4) is 0 Å². The number of hydrogen-bond acceptors (Lipinski definition) is 3. The van der Waals surface area contributed by atoms with Gasteiger partial charge in [0.1, 0.15) is 0 Å². The third-order valence-electron chi connectivity index (χ3n) is 3.97. The van der Waals surface area contributed by atoms with Crippen LogP contribution < -0.4 is 0 Å². The SMILES string of the molecule is CCC(C)c1ccc(CN2CCN(C)CC2)cn1. The summed E-state index contributed by atoms with van der Waals surface area (Å²) in [5.41, 5.74) is 2.56. The lowest BCUT2D eigenvalue weighted by molar-refractivity contribution is 0.148. The van der Waals surface area contributed by atoms with Gasteiger partial charge in [-0.2, -0.15) is 0 Å². The molecule has 1 aromatic heterocycles. The lowest BCUT2D eigenvalue weighted by Crippen LogP contribution is -2.43. The Labute approximate surface area is 111 Å². The molecule has 1 saturated heterocycles. The summed E-state index contributed by atoms with van der Waals surface area (Å²) >= 11 is 0. The van der Waals surface area contributed by atoms with E-state index in [1.54, 1.807) is 0 Å². The Kier molecular flexibility index (Phi) is 4.72. The maximum Gasteiger partial charge on any atom is 0.0431 e. The van der Waals surface area contributed by atoms with Crippen LogP contribution in [0.3, 0.4) is 0 Å². The summed E-state index contributed by atoms with van der Waals surface area (Å²) in [6.45, 7) is 10.2. The van der Waals surface area contributed by atoms with Crippen molar-refractivity contribution in [3.63, 3.8) is 0 Å². The summed E-state index contributed by atoms with van der Waals surface area (Å²) in [6, 6.07) is 4.44. The maximum absolute atomic E-state index is 4.59. The molecule has 3 nitrogen and oxygen atoms in total. The quantitative estimate of drug-likeness (QED) is 0.814. The van der Waals surface area contributed by atoms with Gasteiger partial charge in [-0.05, 0) is 31.0 Å². The summed E-state index contributed by atoms with van der Waals surface area (Å²) in [5, 5.41) is 0. The molecule has 1 unspecified atom stereocenters. The summed E-state index contributed by atoms with van der Waals surface area (Å²) in [5.74, 6) is 0.572. The second-order valence-electron chi connectivity index (χ2n) is 5.48. The van der Waals surface area contributed by atoms with Crippen LogP contribution in [0.5, 0.6) is 0 Å². The van der Waals surface area contributed by atoms with Gasteiger partial charge >= 0.3 is 0 Å². The van der Waals surface area contributed by atoms with Gasteiger partial charge in [-0.1, -0.05) is 19.9 Å². The molecular weight excluding hydrogens is 222 g/mol. The first-order valence-corrected chi connectivity index (χ1v) is 7.04. The molecule has 2 heterocycles. The predicted octanol–water partition coefficient (Wildman–Crippen LogP) is 2.34. The largest absolute Gasteiger partial charge is 0.304 e. The summed E-state index contributed by atoms with van der Waals surface area (Å²) in [6.07, 6.45) is 3.21. The Hall–Kier alpha value is -0.930. The normalized spacial score (nSPS) is 19.9. The zero-order valence-corrected chi connectivity index (χ0v) is 11.9. The first-order chi connectivity index (χ1) is 8.69. The Bertz CT molecular complexity index is 353. The third-order valence-corrected chi connectivity index (χ3v) is 3.97. The number of rotatable bonds is 4. The Morgan fingerprint density at radius 2 is 1.94 bits per heavy atom. The second-order valence-corrected chi connectivity index (χ2v) is 5.48. The van der Waals surface area contributed by atoms with Crippen molar-refractivity contribution >= 4 is 0 Å². The van der Waals surface area contributed by atoms with Gasteiger partial charge in [0, 0.05) is 44.6 Å². The van der Waals surface area contributed by atoms with Gasteiger partial charge < -0.3 is 4.90 Å². The lowest BCUT2D eigenvalue weighted by atomic mass is 10.0. The molecule has 0 aliphatic carbocycles. The molecule has 18 heavy (non-hydrogen) atoms. The van der Waals surface area contributed by atoms with Crippen molar-refractivity contribution in [2.75, 3.05) is 33.2 Å². The molecule has 1 aliphatic rings. The van der Waals surface area contributed by atoms with Crippen LogP contribution in [-0.4, -0.2) is 48.0 Å². The highest BCUT2D eigenvalue weighted by atomic mass is 15.2. The molecule has 0 radical (unpaired) electrons. The van der Waals surface area contributed by atoms with E-state index in [1.165, 1.54) is 37.4 Å². The van der Waals surface area contributed by atoms with E-state index in [1.807, 2.05) is 0 Å². The molecular formula is C15H25N3. The van der Waals surface area contributed by atoms with E-state index < -0.39 is 0 Å². The van der Waals surface area contributed by atoms with Gasteiger partial charge in [0.15, 0.2) is 0 Å². The molecule has 100 valence electrons. The van der Waals surface area contributed by atoms with E-state index in [9.17, 15) is 0 Å². The first-order valence-electron chi connectivity index (χ1n) is 7.04. The molecule has 0 aromatic carbocycles. The number of likely N-dealkylation sites (N-methyl/N-ethyl adjacent to an activating group) is 1. The van der Waals surface area contributed by atoms with E-state index in [0.29, 0.717) is 5.92 Å². The number of piperazine rings is 1. The van der Waals surface area contributed by atoms with Crippen molar-refractivity contribution in [2.24, 2.45) is 0 Å². The minimum atomic E-state index is 0.572. The van der Waals surface area contributed by atoms with Gasteiger partial charge in [-0.25, -0.2) is 0 Å². The number of pyridine rings is 1. The monoisotopic (exact) mass is 247 g/mol. The summed E-state index contributed by atoms with van der Waals surface area (Å²) in [4.78, 5) is 9.50. The molecule has 0 saturated carbocycles. The molecule has 0 spiro atoms. The fourth-order valence-corrected chi connectivity index (χ4v) is 2.29. The van der Waals surface area contributed by atoms with Crippen LogP contribution >= 0.6 is 0 Å². The van der Waals surface area contributed by atoms with Gasteiger partial charge in [0.05, 0.1) is 0 Å². The van der Waals surface area contributed by atoms with Crippen molar-refractivity contribution in [3.05, 3.63) is 29.6 Å². The summed E-state index contributed by atoms with van der Waals surface area (Å²) < 4.78 is 0. The molecule has 1 fully saturated rings. The van der Waals surface area contributed by atoms with Crippen LogP contribution in [0.25, 0.3) is 0 Å². The zero-order chi connectivity index (χ0) is 13.0. The van der Waals surface area contributed by atoms with Crippen molar-refractivity contribution in [1.29, 1.82) is 0 Å². The molecule has 1 aliphatic heterocycles. The Balaban J connectivity index is 1.90. The minimum absolute atomic E-state index is 0.572. The minimum Gasteiger partial charge on any atom is -0.304 e. The topological polar surface area (TPSA) is 19.4 Å². The summed E-state index contributed by atoms with van der Waals surface area (Å²) in [7, 11) is 2.19. The smallest absolute Gasteiger partial charge is 0.0431 e. The van der Waals surface area contributed by atoms with Crippen LogP contribution in [0, 0.1) is 0 Å². The Morgan fingerprint density at radius 3 is 2.50 bits per heavy atom. The van der Waals surface area contributed by atoms with Crippen LogP contribution in [-0.2, 0) is 6.54 Å². The number of aromatic nitrogens is 1. The molecule has 1 atom stereocenters. The molecule has 0 amide bonds. The third kappa shape index (κ3) is 3.53. The van der Waals surface area contributed by atoms with E-state index in [4.69, 9.17) is 0 Å². The predicted molar refractivity (Wildman–Crippen MR) is 75.7 cm³/mol. The van der Waals surface area contributed by atoms with Crippen LogP contribution in [0.2, 0.25) is 0 Å². The van der Waals surface area contributed by atoms with Gasteiger partial charge in [-0.15, -0.1) is 0 Å². The number of hydrogen-bond donors (Lipinski definition) is 0. The second kappa shape index (κ2) is 6.30. The fraction of sp³-hybridized carbons (Fsp3) is 0.667. The van der Waals surface area contributed by atoms with Crippen molar-refractivity contribution < 1.29 is 0 Å². The molecule has 2 rings (SSSR count). The van der Waals surface area contributed by atoms with E-state index in [0.717, 1.165) is 13.0 Å². The van der Waals surface area contributed by atoms with Crippen molar-refractivity contribution in [2.45, 2.75) is 32.7 Å². The highest BCUT2D eigenvalue weighted by molar-refractivity contribution is 5.16. The van der Waals surface area contributed by atoms with Gasteiger partial charge in [0.25, 0.3) is 0 Å². The van der Waals surface area contributed by atoms with Gasteiger partial charge in [-0.3, -0.25) is 9.88 Å². The Morgan fingerprint density at radius 1 is 1.22 bits per heavy atom. The first kappa shape index (κ1) is 13.5. The molecule has 3 heteroatoms. The van der Waals surface area contributed by atoms with Gasteiger partial charge in [0.2, 0.25) is 0 Å². The van der Waals surface area contributed by atoms with Crippen LogP contribution in [0.15, 0.2) is 18.3 Å². The van der Waals surface area contributed by atoms with E-state index in [2.05, 4.69) is 54.0 Å². The lowest BCUT2D eigenvalue weighted by Gasteiger charge is -2.32. The standard InChI is InChI=1S/C15H25N3/c1-4-13(2)15-6-5-14(11-16-15)12-18-9-7-17(3)8-10-18/h5-6,11,13H,4,7-10,12H2,1-3H3. The molecule has 0 N–H and O–H groups in total. The number of nitrogens with zero attached hydrogens (tertiary/aromatic N) is 3. The molecule has 0 bridgehead atoms. The zero-order valence-electron chi connectivity index (χ0n) is 11.9. The fourth-order valence-electron chi connectivity index (χ4n) is 2.29.